The SMILES string of the molecule is O=C(c1cnc2ccsc2c1)c1cnccn1. The van der Waals surface area contributed by atoms with E-state index in [1.54, 1.807) is 17.5 Å². The average Bonchev–Trinajstić information content (AvgIpc) is 2.86. The van der Waals surface area contributed by atoms with Crippen LogP contribution in [-0.2, 0) is 0 Å². The zero-order chi connectivity index (χ0) is 11.7. The van der Waals surface area contributed by atoms with Crippen LogP contribution < -0.4 is 0 Å². The van der Waals surface area contributed by atoms with Crippen molar-refractivity contribution in [2.45, 2.75) is 0 Å². The number of carbonyl (C=O) groups is 1. The fraction of sp³-hybridized carbons (Fsp3) is 0. The van der Waals surface area contributed by atoms with E-state index in [4.69, 9.17) is 0 Å². The summed E-state index contributed by atoms with van der Waals surface area (Å²) in [5.41, 5.74) is 1.79. The Kier molecular flexibility index (Phi) is 2.38. The van der Waals surface area contributed by atoms with Crippen molar-refractivity contribution in [1.82, 2.24) is 15.0 Å². The highest BCUT2D eigenvalue weighted by atomic mass is 32.1. The maximum atomic E-state index is 12.1. The molecule has 3 rings (SSSR count). The molecule has 0 saturated heterocycles. The third-order valence-electron chi connectivity index (χ3n) is 2.36. The molecule has 0 fully saturated rings. The van der Waals surface area contributed by atoms with Crippen LogP contribution in [0.15, 0.2) is 42.3 Å². The summed E-state index contributed by atoms with van der Waals surface area (Å²) in [5, 5.41) is 1.95. The average molecular weight is 241 g/mol. The van der Waals surface area contributed by atoms with Crippen LogP contribution in [0.5, 0.6) is 0 Å². The first-order valence-electron chi connectivity index (χ1n) is 4.98. The van der Waals surface area contributed by atoms with Gasteiger partial charge in [0.2, 0.25) is 5.78 Å². The molecule has 0 aliphatic rings. The molecule has 0 aliphatic heterocycles. The molecule has 0 amide bonds. The molecule has 0 spiro atoms. The van der Waals surface area contributed by atoms with Gasteiger partial charge in [0.15, 0.2) is 0 Å². The van der Waals surface area contributed by atoms with Gasteiger partial charge in [0.1, 0.15) is 5.69 Å². The number of nitrogens with zero attached hydrogens (tertiary/aromatic N) is 3. The number of thiophene rings is 1. The molecule has 0 aromatic carbocycles. The lowest BCUT2D eigenvalue weighted by Gasteiger charge is -1.99. The van der Waals surface area contributed by atoms with E-state index in [1.165, 1.54) is 18.6 Å². The highest BCUT2D eigenvalue weighted by Crippen LogP contribution is 2.20. The third kappa shape index (κ3) is 1.81. The van der Waals surface area contributed by atoms with E-state index < -0.39 is 0 Å². The number of ketones is 1. The van der Waals surface area contributed by atoms with Crippen LogP contribution in [0.25, 0.3) is 10.2 Å². The molecular formula is C12H7N3OS. The first-order valence-corrected chi connectivity index (χ1v) is 5.86. The first-order chi connectivity index (χ1) is 8.34. The van der Waals surface area contributed by atoms with E-state index in [2.05, 4.69) is 15.0 Å². The number of hydrogen-bond acceptors (Lipinski definition) is 5. The molecule has 0 unspecified atom stereocenters. The smallest absolute Gasteiger partial charge is 0.214 e. The summed E-state index contributed by atoms with van der Waals surface area (Å²) in [5.74, 6) is -0.152. The lowest BCUT2D eigenvalue weighted by Crippen LogP contribution is -2.04. The van der Waals surface area contributed by atoms with Gasteiger partial charge in [0.05, 0.1) is 16.4 Å². The molecule has 3 heterocycles. The van der Waals surface area contributed by atoms with Gasteiger partial charge in [-0.3, -0.25) is 14.8 Å². The van der Waals surface area contributed by atoms with Crippen LogP contribution in [-0.4, -0.2) is 20.7 Å². The normalized spacial score (nSPS) is 10.6. The van der Waals surface area contributed by atoms with Crippen molar-refractivity contribution in [3.05, 3.63) is 53.6 Å². The Labute approximate surface area is 101 Å². The minimum Gasteiger partial charge on any atom is -0.287 e. The second kappa shape index (κ2) is 4.03. The molecule has 3 aromatic heterocycles. The number of fused-ring (bicyclic) bond motifs is 1. The highest BCUT2D eigenvalue weighted by molar-refractivity contribution is 7.17. The van der Waals surface area contributed by atoms with Gasteiger partial charge in [-0.1, -0.05) is 0 Å². The maximum absolute atomic E-state index is 12.1. The minimum absolute atomic E-state index is 0.152. The fourth-order valence-electron chi connectivity index (χ4n) is 1.53. The van der Waals surface area contributed by atoms with Crippen LogP contribution in [0.1, 0.15) is 16.1 Å². The van der Waals surface area contributed by atoms with Crippen LogP contribution in [0.4, 0.5) is 0 Å². The predicted molar refractivity (Wildman–Crippen MR) is 65.1 cm³/mol. The summed E-state index contributed by atoms with van der Waals surface area (Å²) in [6.45, 7) is 0. The molecule has 0 saturated carbocycles. The Hall–Kier alpha value is -2.14. The molecule has 17 heavy (non-hydrogen) atoms. The molecule has 0 N–H and O–H groups in total. The Morgan fingerprint density at radius 2 is 2.12 bits per heavy atom. The van der Waals surface area contributed by atoms with Gasteiger partial charge in [-0.25, -0.2) is 4.98 Å². The number of hydrogen-bond donors (Lipinski definition) is 0. The van der Waals surface area contributed by atoms with Gasteiger partial charge in [-0.15, -0.1) is 11.3 Å². The van der Waals surface area contributed by atoms with Gasteiger partial charge in [-0.2, -0.15) is 0 Å². The van der Waals surface area contributed by atoms with Crippen molar-refractivity contribution in [2.24, 2.45) is 0 Å². The topological polar surface area (TPSA) is 55.7 Å². The van der Waals surface area contributed by atoms with Gasteiger partial charge < -0.3 is 0 Å². The molecular weight excluding hydrogens is 234 g/mol. The van der Waals surface area contributed by atoms with Crippen molar-refractivity contribution in [3.8, 4) is 0 Å². The molecule has 0 atom stereocenters. The number of pyridine rings is 1. The molecule has 82 valence electrons. The quantitative estimate of drug-likeness (QED) is 0.646. The maximum Gasteiger partial charge on any atom is 0.214 e. The minimum atomic E-state index is -0.152. The van der Waals surface area contributed by atoms with Crippen molar-refractivity contribution < 1.29 is 4.79 Å². The molecule has 3 aromatic rings. The Morgan fingerprint density at radius 1 is 1.18 bits per heavy atom. The monoisotopic (exact) mass is 241 g/mol. The molecule has 0 bridgehead atoms. The van der Waals surface area contributed by atoms with Crippen molar-refractivity contribution in [3.63, 3.8) is 0 Å². The second-order valence-corrected chi connectivity index (χ2v) is 4.40. The fourth-order valence-corrected chi connectivity index (χ4v) is 2.31. The van der Waals surface area contributed by atoms with E-state index >= 15 is 0 Å². The Morgan fingerprint density at radius 3 is 2.94 bits per heavy atom. The summed E-state index contributed by atoms with van der Waals surface area (Å²) < 4.78 is 1.000. The number of carbonyl (C=O) groups excluding carboxylic acids is 1. The lowest BCUT2D eigenvalue weighted by molar-refractivity contribution is 0.103. The first kappa shape index (κ1) is 10.0. The third-order valence-corrected chi connectivity index (χ3v) is 3.21. The molecule has 4 nitrogen and oxygen atoms in total. The summed E-state index contributed by atoms with van der Waals surface area (Å²) in [7, 11) is 0. The van der Waals surface area contributed by atoms with E-state index in [1.807, 2.05) is 17.5 Å². The van der Waals surface area contributed by atoms with Crippen molar-refractivity contribution >= 4 is 27.3 Å². The van der Waals surface area contributed by atoms with Crippen LogP contribution >= 0.6 is 11.3 Å². The van der Waals surface area contributed by atoms with E-state index in [-0.39, 0.29) is 5.78 Å². The Balaban J connectivity index is 2.06. The van der Waals surface area contributed by atoms with Crippen molar-refractivity contribution in [1.29, 1.82) is 0 Å². The van der Waals surface area contributed by atoms with Crippen LogP contribution in [0, 0.1) is 0 Å². The largest absolute Gasteiger partial charge is 0.287 e. The van der Waals surface area contributed by atoms with Gasteiger partial charge >= 0.3 is 0 Å². The van der Waals surface area contributed by atoms with Gasteiger partial charge in [-0.05, 0) is 17.5 Å². The predicted octanol–water partition coefficient (Wildman–Crippen LogP) is 2.32. The van der Waals surface area contributed by atoms with Crippen molar-refractivity contribution in [2.75, 3.05) is 0 Å². The summed E-state index contributed by atoms with van der Waals surface area (Å²) in [6, 6.07) is 3.76. The summed E-state index contributed by atoms with van der Waals surface area (Å²) >= 11 is 1.56. The van der Waals surface area contributed by atoms with Gasteiger partial charge in [0.25, 0.3) is 0 Å². The highest BCUT2D eigenvalue weighted by Gasteiger charge is 2.11. The number of aromatic nitrogens is 3. The number of rotatable bonds is 2. The van der Waals surface area contributed by atoms with E-state index in [0.717, 1.165) is 10.2 Å². The summed E-state index contributed by atoms with van der Waals surface area (Å²) in [4.78, 5) is 24.2. The molecule has 0 radical (unpaired) electrons. The zero-order valence-electron chi connectivity index (χ0n) is 8.70. The van der Waals surface area contributed by atoms with Gasteiger partial charge in [0, 0.05) is 24.2 Å². The van der Waals surface area contributed by atoms with E-state index in [9.17, 15) is 4.79 Å². The molecule has 0 aliphatic carbocycles. The van der Waals surface area contributed by atoms with Crippen LogP contribution in [0.2, 0.25) is 0 Å². The Bertz CT molecular complexity index is 678. The van der Waals surface area contributed by atoms with Crippen LogP contribution in [0.3, 0.4) is 0 Å². The second-order valence-electron chi connectivity index (χ2n) is 3.45. The molecule has 5 heteroatoms. The standard InChI is InChI=1S/C12H7N3OS/c16-12(10-7-13-2-3-14-10)8-5-11-9(15-6-8)1-4-17-11/h1-7H. The lowest BCUT2D eigenvalue weighted by atomic mass is 10.1. The van der Waals surface area contributed by atoms with E-state index in [0.29, 0.717) is 11.3 Å². The summed E-state index contributed by atoms with van der Waals surface area (Å²) in [6.07, 6.45) is 6.08. The zero-order valence-corrected chi connectivity index (χ0v) is 9.52.